The second-order valence-electron chi connectivity index (χ2n) is 14.1. The van der Waals surface area contributed by atoms with E-state index < -0.39 is 90.1 Å². The molecule has 23 heteroatoms. The first-order valence-corrected chi connectivity index (χ1v) is 19.1. The van der Waals surface area contributed by atoms with Gasteiger partial charge in [-0.15, -0.1) is 0 Å². The normalized spacial score (nSPS) is 14.9. The molecule has 0 aliphatic carbocycles. The number of hydrogen-bond donors (Lipinski definition) is 14. The van der Waals surface area contributed by atoms with E-state index in [1.165, 1.54) is 31.2 Å². The summed E-state index contributed by atoms with van der Waals surface area (Å²) in [6.45, 7) is 4.89. The number of aliphatic imine (C=N–C) groups is 2. The summed E-state index contributed by atoms with van der Waals surface area (Å²) in [5.74, 6) is -6.84. The molecule has 0 aromatic heterocycles. The van der Waals surface area contributed by atoms with Crippen molar-refractivity contribution in [3.8, 4) is 5.75 Å². The Bertz CT molecular complexity index is 1630. The van der Waals surface area contributed by atoms with Gasteiger partial charge in [0.15, 0.2) is 11.9 Å². The number of rotatable bonds is 27. The number of guanidine groups is 2. The van der Waals surface area contributed by atoms with Gasteiger partial charge >= 0.3 is 0 Å². The molecule has 1 aromatic carbocycles. The van der Waals surface area contributed by atoms with Crippen LogP contribution in [0.4, 0.5) is 0 Å². The van der Waals surface area contributed by atoms with Crippen molar-refractivity contribution in [3.05, 3.63) is 29.8 Å². The molecule has 330 valence electrons. The van der Waals surface area contributed by atoms with Gasteiger partial charge in [-0.2, -0.15) is 0 Å². The molecule has 7 amide bonds. The van der Waals surface area contributed by atoms with Crippen molar-refractivity contribution in [2.24, 2.45) is 56.0 Å². The van der Waals surface area contributed by atoms with Crippen molar-refractivity contribution >= 4 is 53.3 Å². The number of nitrogens with two attached hydrogens (primary N) is 7. The van der Waals surface area contributed by atoms with Crippen LogP contribution in [0, 0.1) is 5.92 Å². The number of aromatic hydroxyl groups is 1. The SMILES string of the molecule is CCC(C)C(N)C(=O)NC(C(=O)NC(CCCN=C(N)N)C(=O)NC(CCC(N)=O)C(=O)NC(CCCN=C(N)N)C(=O)NC(Cc1ccc(O)cc1)C(N)=O)C(C)O. The van der Waals surface area contributed by atoms with E-state index >= 15 is 0 Å². The van der Waals surface area contributed by atoms with E-state index in [2.05, 4.69) is 36.6 Å². The Morgan fingerprint density at radius 2 is 1.08 bits per heavy atom. The number of benzene rings is 1. The summed E-state index contributed by atoms with van der Waals surface area (Å²) in [5.41, 5.74) is 39.2. The van der Waals surface area contributed by atoms with E-state index in [1.54, 1.807) is 6.92 Å². The minimum Gasteiger partial charge on any atom is -0.508 e. The minimum absolute atomic E-state index is 0.0234. The molecule has 1 rings (SSSR count). The van der Waals surface area contributed by atoms with Crippen molar-refractivity contribution < 1.29 is 43.8 Å². The number of hydrogen-bond acceptors (Lipinski definition) is 12. The van der Waals surface area contributed by atoms with Gasteiger partial charge in [0.2, 0.25) is 41.4 Å². The average Bonchev–Trinajstić information content (AvgIpc) is 3.16. The summed E-state index contributed by atoms with van der Waals surface area (Å²) in [6.07, 6.45) is -1.60. The Morgan fingerprint density at radius 3 is 1.49 bits per heavy atom. The van der Waals surface area contributed by atoms with Gasteiger partial charge in [-0.25, -0.2) is 0 Å². The van der Waals surface area contributed by atoms with Crippen LogP contribution in [0.15, 0.2) is 34.3 Å². The lowest BCUT2D eigenvalue weighted by Gasteiger charge is -2.28. The van der Waals surface area contributed by atoms with E-state index in [-0.39, 0.29) is 75.2 Å². The molecular weight excluding hydrogens is 772 g/mol. The van der Waals surface area contributed by atoms with Crippen LogP contribution < -0.4 is 66.7 Å². The molecule has 1 aromatic rings. The van der Waals surface area contributed by atoms with Crippen molar-refractivity contribution in [1.29, 1.82) is 0 Å². The Kier molecular flexibility index (Phi) is 22.3. The third-order valence-electron chi connectivity index (χ3n) is 9.13. The van der Waals surface area contributed by atoms with Crippen LogP contribution in [-0.4, -0.2) is 119 Å². The quantitative estimate of drug-likeness (QED) is 0.0224. The van der Waals surface area contributed by atoms with E-state index in [0.717, 1.165) is 0 Å². The molecule has 59 heavy (non-hydrogen) atoms. The number of amides is 7. The zero-order valence-corrected chi connectivity index (χ0v) is 33.7. The number of phenols is 1. The van der Waals surface area contributed by atoms with Gasteiger partial charge in [-0.1, -0.05) is 32.4 Å². The smallest absolute Gasteiger partial charge is 0.245 e. The highest BCUT2D eigenvalue weighted by Gasteiger charge is 2.34. The number of phenolic OH excluding ortho intramolecular Hbond substituents is 1. The lowest BCUT2D eigenvalue weighted by molar-refractivity contribution is -0.136. The molecule has 0 bridgehead atoms. The average molecular weight is 835 g/mol. The molecule has 0 aliphatic heterocycles. The van der Waals surface area contributed by atoms with Gasteiger partial charge in [0, 0.05) is 25.9 Å². The standard InChI is InChI=1S/C36H62N14O9/c1-4-18(2)27(38)33(58)50-28(19(3)51)34(59)48-23(8-6-16-45-36(42)43)30(55)47-24(13-14-26(37)53)32(57)46-22(7-5-15-44-35(40)41)31(56)49-25(29(39)54)17-20-9-11-21(52)12-10-20/h9-12,18-19,22-25,27-28,51-52H,4-8,13-17,38H2,1-3H3,(H2,37,53)(H2,39,54)(H,46,57)(H,47,55)(H,48,59)(H,49,56)(H,50,58)(H4,40,41,44)(H4,42,43,45). The molecule has 0 spiro atoms. The lowest BCUT2D eigenvalue weighted by atomic mass is 9.98. The number of carbonyl (C=O) groups is 7. The van der Waals surface area contributed by atoms with E-state index in [4.69, 9.17) is 40.1 Å². The molecule has 0 aliphatic rings. The van der Waals surface area contributed by atoms with Gasteiger partial charge in [0.25, 0.3) is 0 Å². The summed E-state index contributed by atoms with van der Waals surface area (Å²) < 4.78 is 0. The maximum Gasteiger partial charge on any atom is 0.245 e. The molecule has 0 saturated carbocycles. The van der Waals surface area contributed by atoms with E-state index in [0.29, 0.717) is 12.0 Å². The molecule has 23 nitrogen and oxygen atoms in total. The minimum atomic E-state index is -1.55. The van der Waals surface area contributed by atoms with Crippen molar-refractivity contribution in [1.82, 2.24) is 26.6 Å². The van der Waals surface area contributed by atoms with Crippen LogP contribution in [0.5, 0.6) is 5.75 Å². The van der Waals surface area contributed by atoms with Crippen LogP contribution in [0.25, 0.3) is 0 Å². The Morgan fingerprint density at radius 1 is 0.644 bits per heavy atom. The second kappa shape index (κ2) is 25.9. The summed E-state index contributed by atoms with van der Waals surface area (Å²) >= 11 is 0. The Labute approximate surface area is 342 Å². The highest BCUT2D eigenvalue weighted by molar-refractivity contribution is 5.97. The van der Waals surface area contributed by atoms with Gasteiger partial charge < -0.3 is 76.9 Å². The number of nitrogens with one attached hydrogen (secondary N) is 5. The second-order valence-corrected chi connectivity index (χ2v) is 14.1. The monoisotopic (exact) mass is 834 g/mol. The fourth-order valence-corrected chi connectivity index (χ4v) is 5.44. The zero-order chi connectivity index (χ0) is 44.8. The molecule has 0 fully saturated rings. The predicted octanol–water partition coefficient (Wildman–Crippen LogP) is -5.03. The highest BCUT2D eigenvalue weighted by atomic mass is 16.3. The third kappa shape index (κ3) is 19.7. The fourth-order valence-electron chi connectivity index (χ4n) is 5.44. The number of primary amides is 2. The van der Waals surface area contributed by atoms with Crippen molar-refractivity contribution in [3.63, 3.8) is 0 Å². The number of carbonyl (C=O) groups excluding carboxylic acids is 7. The lowest BCUT2D eigenvalue weighted by Crippen LogP contribution is -2.61. The fraction of sp³-hybridized carbons (Fsp3) is 0.583. The van der Waals surface area contributed by atoms with Crippen LogP contribution in [0.3, 0.4) is 0 Å². The summed E-state index contributed by atoms with van der Waals surface area (Å²) in [6, 6.07) is -2.28. The Balaban J connectivity index is 3.43. The predicted molar refractivity (Wildman–Crippen MR) is 218 cm³/mol. The first-order chi connectivity index (χ1) is 27.7. The van der Waals surface area contributed by atoms with Crippen molar-refractivity contribution in [2.75, 3.05) is 13.1 Å². The van der Waals surface area contributed by atoms with E-state index in [1.807, 2.05) is 6.92 Å². The molecule has 0 heterocycles. The first-order valence-electron chi connectivity index (χ1n) is 19.1. The summed E-state index contributed by atoms with van der Waals surface area (Å²) in [4.78, 5) is 99.7. The summed E-state index contributed by atoms with van der Waals surface area (Å²) in [5, 5.41) is 32.5. The molecule has 0 radical (unpaired) electrons. The van der Waals surface area contributed by atoms with Crippen LogP contribution >= 0.6 is 0 Å². The van der Waals surface area contributed by atoms with Gasteiger partial charge in [-0.05, 0) is 62.6 Å². The number of nitrogens with zero attached hydrogens (tertiary/aromatic N) is 2. The topological polar surface area (TPSA) is 427 Å². The maximum atomic E-state index is 13.9. The van der Waals surface area contributed by atoms with Gasteiger partial charge in [-0.3, -0.25) is 43.5 Å². The molecule has 8 atom stereocenters. The maximum absolute atomic E-state index is 13.9. The van der Waals surface area contributed by atoms with Crippen LogP contribution in [0.1, 0.15) is 71.3 Å². The molecule has 0 saturated heterocycles. The third-order valence-corrected chi connectivity index (χ3v) is 9.13. The number of aliphatic hydroxyl groups excluding tert-OH is 1. The Hall–Kier alpha value is -6.23. The van der Waals surface area contributed by atoms with Crippen LogP contribution in [-0.2, 0) is 40.0 Å². The molecule has 21 N–H and O–H groups in total. The molecular formula is C36H62N14O9. The van der Waals surface area contributed by atoms with Crippen LogP contribution in [0.2, 0.25) is 0 Å². The summed E-state index contributed by atoms with van der Waals surface area (Å²) in [7, 11) is 0. The van der Waals surface area contributed by atoms with Gasteiger partial charge in [0.05, 0.1) is 12.1 Å². The van der Waals surface area contributed by atoms with Gasteiger partial charge in [0.1, 0.15) is 36.0 Å². The number of aliphatic hydroxyl groups is 1. The highest BCUT2D eigenvalue weighted by Crippen LogP contribution is 2.13. The largest absolute Gasteiger partial charge is 0.508 e. The zero-order valence-electron chi connectivity index (χ0n) is 33.7. The molecule has 8 unspecified atom stereocenters. The van der Waals surface area contributed by atoms with Crippen molar-refractivity contribution in [2.45, 2.75) is 114 Å². The first kappa shape index (κ1) is 50.8. The van der Waals surface area contributed by atoms with E-state index in [9.17, 15) is 43.8 Å².